The molecule has 23 heavy (non-hydrogen) atoms. The minimum atomic E-state index is 0.151. The van der Waals surface area contributed by atoms with E-state index in [1.165, 1.54) is 53.7 Å². The molecule has 3 aromatic rings. The van der Waals surface area contributed by atoms with Crippen LogP contribution in [0.2, 0.25) is 0 Å². The molecule has 3 nitrogen and oxygen atoms in total. The van der Waals surface area contributed by atoms with Crippen LogP contribution >= 0.6 is 0 Å². The van der Waals surface area contributed by atoms with E-state index in [4.69, 9.17) is 4.42 Å². The number of nitrogens with zero attached hydrogens (tertiary/aromatic N) is 2. The minimum absolute atomic E-state index is 0.151. The van der Waals surface area contributed by atoms with E-state index in [9.17, 15) is 0 Å². The second-order valence-electron chi connectivity index (χ2n) is 7.13. The molecule has 0 unspecified atom stereocenters. The lowest BCUT2D eigenvalue weighted by atomic mass is 9.92. The lowest BCUT2D eigenvalue weighted by molar-refractivity contribution is 0.416. The van der Waals surface area contributed by atoms with Crippen molar-refractivity contribution in [2.24, 2.45) is 7.05 Å². The van der Waals surface area contributed by atoms with Crippen molar-refractivity contribution in [2.45, 2.75) is 44.7 Å². The van der Waals surface area contributed by atoms with Crippen molar-refractivity contribution in [2.75, 3.05) is 4.90 Å². The first kappa shape index (κ1) is 13.3. The van der Waals surface area contributed by atoms with Crippen LogP contribution < -0.4 is 4.90 Å². The van der Waals surface area contributed by atoms with E-state index in [1.54, 1.807) is 0 Å². The second kappa shape index (κ2) is 4.44. The van der Waals surface area contributed by atoms with Gasteiger partial charge in [0, 0.05) is 30.9 Å². The number of rotatable bonds is 1. The Labute approximate surface area is 136 Å². The molecule has 1 spiro atoms. The van der Waals surface area contributed by atoms with Crippen molar-refractivity contribution in [3.05, 3.63) is 53.4 Å². The van der Waals surface area contributed by atoms with Gasteiger partial charge in [0.2, 0.25) is 0 Å². The highest BCUT2D eigenvalue weighted by Crippen LogP contribution is 2.54. The van der Waals surface area contributed by atoms with Gasteiger partial charge in [0.25, 0.3) is 0 Å². The Kier molecular flexibility index (Phi) is 2.56. The van der Waals surface area contributed by atoms with Crippen LogP contribution in [0.25, 0.3) is 11.1 Å². The molecule has 2 aromatic heterocycles. The molecule has 0 saturated heterocycles. The Morgan fingerprint density at radius 1 is 1.09 bits per heavy atom. The lowest BCUT2D eigenvalue weighted by Gasteiger charge is -2.39. The van der Waals surface area contributed by atoms with Crippen molar-refractivity contribution < 1.29 is 4.42 Å². The highest BCUT2D eigenvalue weighted by Gasteiger charge is 2.50. The summed E-state index contributed by atoms with van der Waals surface area (Å²) in [5, 5.41) is 0. The molecule has 1 aliphatic carbocycles. The quantitative estimate of drug-likeness (QED) is 0.639. The zero-order chi connectivity index (χ0) is 15.6. The van der Waals surface area contributed by atoms with Crippen LogP contribution in [0.1, 0.15) is 42.5 Å². The predicted octanol–water partition coefficient (Wildman–Crippen LogP) is 4.87. The Balaban J connectivity index is 1.77. The third-order valence-electron chi connectivity index (χ3n) is 6.01. The van der Waals surface area contributed by atoms with Crippen LogP contribution in [0, 0.1) is 6.92 Å². The summed E-state index contributed by atoms with van der Waals surface area (Å²) in [4.78, 5) is 2.65. The van der Waals surface area contributed by atoms with Gasteiger partial charge in [-0.3, -0.25) is 0 Å². The standard InChI is InChI=1S/C20H22N2O/c1-14-7-3-4-8-16(14)22-13-15-18-17(9-12-23-18)21(2)19(15)20(22)10-5-6-11-20/h3-4,7-9,12H,5-6,10-11,13H2,1-2H3. The number of aryl methyl sites for hydroxylation is 2. The Morgan fingerprint density at radius 2 is 1.87 bits per heavy atom. The molecule has 1 fully saturated rings. The van der Waals surface area contributed by atoms with Crippen molar-refractivity contribution in [3.63, 3.8) is 0 Å². The van der Waals surface area contributed by atoms with Crippen LogP contribution in [0.3, 0.4) is 0 Å². The topological polar surface area (TPSA) is 21.3 Å². The molecule has 1 aliphatic heterocycles. The number of benzene rings is 1. The molecule has 3 heteroatoms. The largest absolute Gasteiger partial charge is 0.462 e. The average molecular weight is 306 g/mol. The number of furan rings is 1. The van der Waals surface area contributed by atoms with Gasteiger partial charge in [-0.2, -0.15) is 0 Å². The molecule has 0 N–H and O–H groups in total. The van der Waals surface area contributed by atoms with Gasteiger partial charge in [-0.25, -0.2) is 0 Å². The van der Waals surface area contributed by atoms with Crippen molar-refractivity contribution >= 4 is 16.8 Å². The van der Waals surface area contributed by atoms with Gasteiger partial charge in [-0.05, 0) is 31.4 Å². The first-order valence-corrected chi connectivity index (χ1v) is 8.61. The summed E-state index contributed by atoms with van der Waals surface area (Å²) in [5.74, 6) is 0. The molecule has 118 valence electrons. The van der Waals surface area contributed by atoms with Gasteiger partial charge < -0.3 is 13.9 Å². The zero-order valence-electron chi connectivity index (χ0n) is 13.8. The van der Waals surface area contributed by atoms with E-state index >= 15 is 0 Å². The van der Waals surface area contributed by atoms with Crippen LogP contribution in [0.4, 0.5) is 5.69 Å². The van der Waals surface area contributed by atoms with Crippen LogP contribution in [-0.4, -0.2) is 4.57 Å². The zero-order valence-corrected chi connectivity index (χ0v) is 13.8. The number of para-hydroxylation sites is 1. The van der Waals surface area contributed by atoms with Gasteiger partial charge in [0.1, 0.15) is 0 Å². The normalized spacial score (nSPS) is 19.1. The van der Waals surface area contributed by atoms with Crippen LogP contribution in [0.5, 0.6) is 0 Å². The highest BCUT2D eigenvalue weighted by molar-refractivity contribution is 5.83. The number of fused-ring (bicyclic) bond motifs is 4. The predicted molar refractivity (Wildman–Crippen MR) is 92.7 cm³/mol. The van der Waals surface area contributed by atoms with E-state index in [-0.39, 0.29) is 5.54 Å². The fourth-order valence-electron chi connectivity index (χ4n) is 5.05. The summed E-state index contributed by atoms with van der Waals surface area (Å²) in [6, 6.07) is 10.9. The van der Waals surface area contributed by atoms with Crippen LogP contribution in [0.15, 0.2) is 41.0 Å². The number of aromatic nitrogens is 1. The molecule has 5 rings (SSSR count). The monoisotopic (exact) mass is 306 g/mol. The van der Waals surface area contributed by atoms with E-state index < -0.39 is 0 Å². The molecule has 1 aromatic carbocycles. The summed E-state index contributed by atoms with van der Waals surface area (Å²) in [6.07, 6.45) is 6.94. The Morgan fingerprint density at radius 3 is 2.65 bits per heavy atom. The van der Waals surface area contributed by atoms with E-state index in [0.717, 1.165) is 12.1 Å². The summed E-state index contributed by atoms with van der Waals surface area (Å²) in [5.41, 5.74) is 8.12. The smallest absolute Gasteiger partial charge is 0.157 e. The lowest BCUT2D eigenvalue weighted by Crippen LogP contribution is -2.40. The molecule has 1 saturated carbocycles. The van der Waals surface area contributed by atoms with Crippen molar-refractivity contribution in [3.8, 4) is 0 Å². The summed E-state index contributed by atoms with van der Waals surface area (Å²) in [6.45, 7) is 3.19. The van der Waals surface area contributed by atoms with Gasteiger partial charge in [0.15, 0.2) is 5.58 Å². The van der Waals surface area contributed by atoms with Crippen LogP contribution in [-0.2, 0) is 19.1 Å². The number of anilines is 1. The molecule has 3 heterocycles. The first-order chi connectivity index (χ1) is 11.2. The maximum Gasteiger partial charge on any atom is 0.157 e. The summed E-state index contributed by atoms with van der Waals surface area (Å²) in [7, 11) is 2.21. The Bertz CT molecular complexity index is 896. The molecule has 0 radical (unpaired) electrons. The molecule has 0 atom stereocenters. The fourth-order valence-corrected chi connectivity index (χ4v) is 5.05. The second-order valence-corrected chi connectivity index (χ2v) is 7.13. The van der Waals surface area contributed by atoms with Gasteiger partial charge in [0.05, 0.1) is 23.0 Å². The van der Waals surface area contributed by atoms with Crippen molar-refractivity contribution in [1.82, 2.24) is 4.57 Å². The molecule has 2 aliphatic rings. The third-order valence-corrected chi connectivity index (χ3v) is 6.01. The number of hydrogen-bond acceptors (Lipinski definition) is 2. The molecular weight excluding hydrogens is 284 g/mol. The van der Waals surface area contributed by atoms with Gasteiger partial charge >= 0.3 is 0 Å². The Hall–Kier alpha value is -2.16. The number of hydrogen-bond donors (Lipinski definition) is 0. The summed E-state index contributed by atoms with van der Waals surface area (Å²) >= 11 is 0. The first-order valence-electron chi connectivity index (χ1n) is 8.61. The minimum Gasteiger partial charge on any atom is -0.462 e. The summed E-state index contributed by atoms with van der Waals surface area (Å²) < 4.78 is 8.24. The molecule has 0 bridgehead atoms. The third kappa shape index (κ3) is 1.55. The maximum atomic E-state index is 5.85. The SMILES string of the molecule is Cc1ccccc1N1Cc2c(n(C)c3ccoc23)C12CCCC2. The van der Waals surface area contributed by atoms with E-state index in [2.05, 4.69) is 53.8 Å². The average Bonchev–Trinajstić information content (AvgIpc) is 3.29. The molecule has 0 amide bonds. The van der Waals surface area contributed by atoms with Crippen molar-refractivity contribution in [1.29, 1.82) is 0 Å². The van der Waals surface area contributed by atoms with Gasteiger partial charge in [-0.1, -0.05) is 31.0 Å². The fraction of sp³-hybridized carbons (Fsp3) is 0.400. The van der Waals surface area contributed by atoms with E-state index in [1.807, 2.05) is 6.26 Å². The van der Waals surface area contributed by atoms with E-state index in [0.29, 0.717) is 0 Å². The molecular formula is C20H22N2O. The highest BCUT2D eigenvalue weighted by atomic mass is 16.3. The maximum absolute atomic E-state index is 5.85. The van der Waals surface area contributed by atoms with Gasteiger partial charge in [-0.15, -0.1) is 0 Å².